The Labute approximate surface area is 171 Å². The van der Waals surface area contributed by atoms with Gasteiger partial charge >= 0.3 is 0 Å². The molecule has 0 bridgehead atoms. The first kappa shape index (κ1) is 18.8. The molecule has 7 nitrogen and oxygen atoms in total. The Hall–Kier alpha value is -2.25. The van der Waals surface area contributed by atoms with Crippen molar-refractivity contribution in [2.24, 2.45) is 0 Å². The van der Waals surface area contributed by atoms with E-state index in [0.717, 1.165) is 63.1 Å². The van der Waals surface area contributed by atoms with Crippen LogP contribution >= 0.6 is 0 Å². The molecule has 1 amide bonds. The number of fused-ring (bicyclic) bond motifs is 1. The Bertz CT molecular complexity index is 877. The third kappa shape index (κ3) is 3.26. The summed E-state index contributed by atoms with van der Waals surface area (Å²) in [4.78, 5) is 17.6. The molecule has 2 aromatic rings. The molecule has 3 aliphatic heterocycles. The average Bonchev–Trinajstić information content (AvgIpc) is 3.44. The highest BCUT2D eigenvalue weighted by Crippen LogP contribution is 2.37. The zero-order valence-corrected chi connectivity index (χ0v) is 16.8. The van der Waals surface area contributed by atoms with E-state index >= 15 is 0 Å². The van der Waals surface area contributed by atoms with E-state index in [1.165, 1.54) is 0 Å². The number of amides is 1. The molecule has 2 atom stereocenters. The van der Waals surface area contributed by atoms with Crippen LogP contribution in [0, 0.1) is 0 Å². The van der Waals surface area contributed by atoms with Crippen LogP contribution in [0.1, 0.15) is 54.1 Å². The summed E-state index contributed by atoms with van der Waals surface area (Å²) in [6.07, 6.45) is 5.89. The quantitative estimate of drug-likeness (QED) is 0.858. The molecule has 3 aliphatic rings. The number of aliphatic hydroxyl groups is 1. The fourth-order valence-electron chi connectivity index (χ4n) is 5.25. The van der Waals surface area contributed by atoms with Crippen LogP contribution in [0.3, 0.4) is 0 Å². The molecule has 0 unspecified atom stereocenters. The van der Waals surface area contributed by atoms with Gasteiger partial charge in [-0.1, -0.05) is 30.3 Å². The van der Waals surface area contributed by atoms with Crippen molar-refractivity contribution in [1.82, 2.24) is 24.6 Å². The first-order chi connectivity index (χ1) is 14.2. The Morgan fingerprint density at radius 2 is 1.76 bits per heavy atom. The molecular formula is C22H29N5O2. The lowest BCUT2D eigenvalue weighted by atomic mass is 9.79. The second kappa shape index (κ2) is 7.54. The average molecular weight is 396 g/mol. The zero-order valence-electron chi connectivity index (χ0n) is 16.8. The van der Waals surface area contributed by atoms with Gasteiger partial charge in [-0.05, 0) is 50.8 Å². The van der Waals surface area contributed by atoms with Gasteiger partial charge in [0.1, 0.15) is 11.4 Å². The number of nitrogens with zero attached hydrogens (tertiary/aromatic N) is 5. The molecule has 154 valence electrons. The summed E-state index contributed by atoms with van der Waals surface area (Å²) in [5.41, 5.74) is 0.0102. The van der Waals surface area contributed by atoms with Gasteiger partial charge in [-0.15, -0.1) is 10.2 Å². The number of aryl methyl sites for hydroxylation is 1. The molecule has 0 spiro atoms. The molecule has 5 rings (SSSR count). The topological polar surface area (TPSA) is 74.5 Å². The minimum Gasteiger partial charge on any atom is -0.383 e. The summed E-state index contributed by atoms with van der Waals surface area (Å²) in [7, 11) is 0. The van der Waals surface area contributed by atoms with Crippen LogP contribution in [-0.4, -0.2) is 67.8 Å². The van der Waals surface area contributed by atoms with Crippen LogP contribution in [0.25, 0.3) is 0 Å². The summed E-state index contributed by atoms with van der Waals surface area (Å²) in [6.45, 7) is 3.81. The van der Waals surface area contributed by atoms with Crippen molar-refractivity contribution in [2.45, 2.75) is 56.7 Å². The lowest BCUT2D eigenvalue weighted by Crippen LogP contribution is -2.61. The van der Waals surface area contributed by atoms with E-state index in [-0.39, 0.29) is 11.9 Å². The van der Waals surface area contributed by atoms with E-state index in [2.05, 4.69) is 15.1 Å². The van der Waals surface area contributed by atoms with Gasteiger partial charge in [-0.3, -0.25) is 9.69 Å². The molecule has 7 heteroatoms. The Balaban J connectivity index is 1.43. The molecule has 4 heterocycles. The van der Waals surface area contributed by atoms with Gasteiger partial charge in [0.2, 0.25) is 5.82 Å². The lowest BCUT2D eigenvalue weighted by Gasteiger charge is -2.48. The maximum Gasteiger partial charge on any atom is 0.291 e. The third-order valence-electron chi connectivity index (χ3n) is 6.90. The smallest absolute Gasteiger partial charge is 0.291 e. The molecule has 2 saturated heterocycles. The van der Waals surface area contributed by atoms with Crippen molar-refractivity contribution in [3.63, 3.8) is 0 Å². The minimum absolute atomic E-state index is 0.0510. The summed E-state index contributed by atoms with van der Waals surface area (Å²) < 4.78 is 1.99. The van der Waals surface area contributed by atoms with Gasteiger partial charge in [0.15, 0.2) is 0 Å². The number of piperidine rings is 1. The number of hydrogen-bond acceptors (Lipinski definition) is 5. The highest BCUT2D eigenvalue weighted by molar-refractivity contribution is 5.91. The number of aromatic nitrogens is 3. The Morgan fingerprint density at radius 1 is 1.00 bits per heavy atom. The van der Waals surface area contributed by atoms with Crippen molar-refractivity contribution in [3.8, 4) is 0 Å². The van der Waals surface area contributed by atoms with Crippen molar-refractivity contribution in [1.29, 1.82) is 0 Å². The van der Waals surface area contributed by atoms with Crippen LogP contribution in [0.5, 0.6) is 0 Å². The number of rotatable bonds is 3. The maximum absolute atomic E-state index is 13.3. The van der Waals surface area contributed by atoms with E-state index in [4.69, 9.17) is 0 Å². The predicted octanol–water partition coefficient (Wildman–Crippen LogP) is 1.81. The molecular weight excluding hydrogens is 366 g/mol. The third-order valence-corrected chi connectivity index (χ3v) is 6.90. The van der Waals surface area contributed by atoms with Gasteiger partial charge < -0.3 is 14.6 Å². The molecule has 1 aromatic carbocycles. The fraction of sp³-hybridized carbons (Fsp3) is 0.591. The number of benzene rings is 1. The first-order valence-electron chi connectivity index (χ1n) is 10.9. The van der Waals surface area contributed by atoms with Gasteiger partial charge in [-0.25, -0.2) is 0 Å². The van der Waals surface area contributed by atoms with Crippen LogP contribution in [0.2, 0.25) is 0 Å². The van der Waals surface area contributed by atoms with E-state index in [0.29, 0.717) is 25.3 Å². The first-order valence-corrected chi connectivity index (χ1v) is 10.9. The number of likely N-dealkylation sites (tertiary alicyclic amines) is 2. The normalized spacial score (nSPS) is 27.8. The largest absolute Gasteiger partial charge is 0.383 e. The summed E-state index contributed by atoms with van der Waals surface area (Å²) in [5.74, 6) is 1.34. The number of hydrogen-bond donors (Lipinski definition) is 1. The van der Waals surface area contributed by atoms with Crippen LogP contribution < -0.4 is 0 Å². The second-order valence-corrected chi connectivity index (χ2v) is 8.60. The predicted molar refractivity (Wildman–Crippen MR) is 108 cm³/mol. The number of carbonyl (C=O) groups is 1. The van der Waals surface area contributed by atoms with Gasteiger partial charge in [0.25, 0.3) is 5.91 Å². The summed E-state index contributed by atoms with van der Waals surface area (Å²) in [6, 6.07) is 9.85. The van der Waals surface area contributed by atoms with Crippen LogP contribution in [-0.2, 0) is 18.6 Å². The van der Waals surface area contributed by atoms with Crippen molar-refractivity contribution >= 4 is 5.91 Å². The maximum atomic E-state index is 13.3. The Kier molecular flexibility index (Phi) is 4.87. The van der Waals surface area contributed by atoms with Crippen molar-refractivity contribution < 1.29 is 9.90 Å². The monoisotopic (exact) mass is 395 g/mol. The van der Waals surface area contributed by atoms with Crippen molar-refractivity contribution in [3.05, 3.63) is 47.5 Å². The van der Waals surface area contributed by atoms with E-state index in [1.54, 1.807) is 0 Å². The zero-order chi connectivity index (χ0) is 19.8. The highest BCUT2D eigenvalue weighted by atomic mass is 16.3. The Morgan fingerprint density at radius 3 is 2.55 bits per heavy atom. The summed E-state index contributed by atoms with van der Waals surface area (Å²) >= 11 is 0. The molecule has 1 aromatic heterocycles. The van der Waals surface area contributed by atoms with E-state index in [1.807, 2.05) is 39.8 Å². The fourth-order valence-corrected chi connectivity index (χ4v) is 5.25. The molecule has 0 radical (unpaired) electrons. The van der Waals surface area contributed by atoms with Gasteiger partial charge in [-0.2, -0.15) is 0 Å². The molecule has 29 heavy (non-hydrogen) atoms. The molecule has 2 fully saturated rings. The SMILES string of the molecule is O=C(c1nnc2n1CCCC2)N1CC[C@](O)(c2ccccc2)[C@H](N2CCCC2)C1. The van der Waals surface area contributed by atoms with E-state index < -0.39 is 5.60 Å². The molecule has 1 N–H and O–H groups in total. The lowest BCUT2D eigenvalue weighted by molar-refractivity contribution is -0.0879. The van der Waals surface area contributed by atoms with Crippen LogP contribution in [0.15, 0.2) is 30.3 Å². The summed E-state index contributed by atoms with van der Waals surface area (Å²) in [5, 5.41) is 20.3. The highest BCUT2D eigenvalue weighted by Gasteiger charge is 2.47. The van der Waals surface area contributed by atoms with Crippen LogP contribution in [0.4, 0.5) is 0 Å². The standard InChI is InChI=1S/C22H29N5O2/c28-21(20-24-23-19-10-4-5-14-27(19)20)26-15-11-22(29,17-8-2-1-3-9-17)18(16-26)25-12-6-7-13-25/h1-3,8-9,18,29H,4-7,10-16H2/t18-,22+/m1/s1. The molecule has 0 saturated carbocycles. The van der Waals surface area contributed by atoms with Gasteiger partial charge in [0, 0.05) is 26.1 Å². The molecule has 0 aliphatic carbocycles. The minimum atomic E-state index is -0.938. The second-order valence-electron chi connectivity index (χ2n) is 8.60. The van der Waals surface area contributed by atoms with Gasteiger partial charge in [0.05, 0.1) is 6.04 Å². The number of carbonyl (C=O) groups excluding carboxylic acids is 1. The van der Waals surface area contributed by atoms with E-state index in [9.17, 15) is 9.90 Å². The van der Waals surface area contributed by atoms with Crippen molar-refractivity contribution in [2.75, 3.05) is 26.2 Å².